The summed E-state index contributed by atoms with van der Waals surface area (Å²) in [5.41, 5.74) is 2.04. The van der Waals surface area contributed by atoms with Crippen LogP contribution in [0.15, 0.2) is 59.5 Å². The van der Waals surface area contributed by atoms with Gasteiger partial charge in [0.05, 0.1) is 29.6 Å². The first-order chi connectivity index (χ1) is 13.3. The van der Waals surface area contributed by atoms with Gasteiger partial charge in [-0.15, -0.1) is 0 Å². The van der Waals surface area contributed by atoms with Crippen LogP contribution >= 0.6 is 0 Å². The van der Waals surface area contributed by atoms with Crippen LogP contribution in [0, 0.1) is 6.92 Å². The van der Waals surface area contributed by atoms with Crippen LogP contribution < -0.4 is 14.0 Å². The molecule has 150 valence electrons. The van der Waals surface area contributed by atoms with E-state index in [1.165, 1.54) is 12.1 Å². The Hall–Kier alpha value is -2.64. The summed E-state index contributed by atoms with van der Waals surface area (Å²) in [6, 6.07) is 15.9. The zero-order valence-electron chi connectivity index (χ0n) is 16.5. The Labute approximate surface area is 166 Å². The highest BCUT2D eigenvalue weighted by Gasteiger charge is 2.17. The van der Waals surface area contributed by atoms with Crippen molar-refractivity contribution in [3.63, 3.8) is 0 Å². The van der Waals surface area contributed by atoms with Gasteiger partial charge in [-0.1, -0.05) is 29.8 Å². The van der Waals surface area contributed by atoms with E-state index in [1.807, 2.05) is 50.6 Å². The fourth-order valence-electron chi connectivity index (χ4n) is 2.65. The second-order valence-electron chi connectivity index (χ2n) is 6.06. The average molecular weight is 404 g/mol. The number of rotatable bonds is 5. The summed E-state index contributed by atoms with van der Waals surface area (Å²) in [6.07, 6.45) is 0. The molecule has 3 aromatic rings. The maximum atomic E-state index is 10.4. The summed E-state index contributed by atoms with van der Waals surface area (Å²) < 4.78 is 44.5. The van der Waals surface area contributed by atoms with Crippen molar-refractivity contribution in [1.29, 1.82) is 0 Å². The minimum absolute atomic E-state index is 0.178. The molecule has 0 aliphatic carbocycles. The van der Waals surface area contributed by atoms with E-state index in [-0.39, 0.29) is 4.90 Å². The lowest BCUT2D eigenvalue weighted by molar-refractivity contribution is -0.651. The van der Waals surface area contributed by atoms with Crippen LogP contribution in [0.4, 0.5) is 0 Å². The van der Waals surface area contributed by atoms with Gasteiger partial charge in [0.25, 0.3) is 0 Å². The molecule has 0 radical (unpaired) electrons. The van der Waals surface area contributed by atoms with Crippen molar-refractivity contribution >= 4 is 21.0 Å². The van der Waals surface area contributed by atoms with E-state index in [4.69, 9.17) is 9.47 Å². The molecule has 0 atom stereocenters. The Balaban J connectivity index is 0.000000221. The van der Waals surface area contributed by atoms with Gasteiger partial charge < -0.3 is 14.0 Å². The first kappa shape index (κ1) is 21.7. The van der Waals surface area contributed by atoms with Gasteiger partial charge in [-0.3, -0.25) is 0 Å². The number of benzene rings is 2. The highest BCUT2D eigenvalue weighted by Crippen LogP contribution is 2.26. The van der Waals surface area contributed by atoms with E-state index in [0.717, 1.165) is 28.1 Å². The quantitative estimate of drug-likeness (QED) is 0.482. The van der Waals surface area contributed by atoms with Crippen molar-refractivity contribution in [1.82, 2.24) is 0 Å². The molecular weight excluding hydrogens is 378 g/mol. The molecule has 7 heteroatoms. The van der Waals surface area contributed by atoms with Gasteiger partial charge in [-0.05, 0) is 39.0 Å². The first-order valence-electron chi connectivity index (χ1n) is 8.97. The summed E-state index contributed by atoms with van der Waals surface area (Å²) in [6.45, 7) is 7.10. The third-order valence-electron chi connectivity index (χ3n) is 4.02. The molecule has 0 aliphatic heterocycles. The summed E-state index contributed by atoms with van der Waals surface area (Å²) >= 11 is 0. The van der Waals surface area contributed by atoms with Gasteiger partial charge in [-0.25, -0.2) is 8.42 Å². The third kappa shape index (κ3) is 5.43. The Kier molecular flexibility index (Phi) is 7.37. The average Bonchev–Trinajstić information content (AvgIpc) is 2.66. The minimum Gasteiger partial charge on any atom is -0.744 e. The molecule has 0 bridgehead atoms. The van der Waals surface area contributed by atoms with Crippen molar-refractivity contribution in [2.45, 2.75) is 25.7 Å². The number of para-hydroxylation sites is 1. The van der Waals surface area contributed by atoms with Crippen LogP contribution in [0.25, 0.3) is 10.9 Å². The number of nitrogens with zero attached hydrogens (tertiary/aromatic N) is 1. The van der Waals surface area contributed by atoms with Gasteiger partial charge in [0, 0.05) is 6.07 Å². The van der Waals surface area contributed by atoms with Crippen LogP contribution in [0.2, 0.25) is 0 Å². The molecule has 28 heavy (non-hydrogen) atoms. The SMILES string of the molecule is CCOc1cc(OCC)[n+](C)c2ccccc12.Cc1ccc(S(=O)(=O)[O-])cc1. The molecule has 1 aromatic heterocycles. The number of fused-ring (bicyclic) bond motifs is 1. The maximum Gasteiger partial charge on any atom is 0.371 e. The van der Waals surface area contributed by atoms with Crippen LogP contribution in [-0.2, 0) is 17.2 Å². The predicted molar refractivity (Wildman–Crippen MR) is 107 cm³/mol. The van der Waals surface area contributed by atoms with Gasteiger partial charge in [0.2, 0.25) is 5.52 Å². The Bertz CT molecular complexity index is 1030. The summed E-state index contributed by atoms with van der Waals surface area (Å²) in [5, 5.41) is 1.11. The van der Waals surface area contributed by atoms with E-state index >= 15 is 0 Å². The van der Waals surface area contributed by atoms with Crippen molar-refractivity contribution in [3.05, 3.63) is 60.2 Å². The number of pyridine rings is 1. The van der Waals surface area contributed by atoms with Gasteiger partial charge in [0.15, 0.2) is 0 Å². The maximum absolute atomic E-state index is 10.4. The second kappa shape index (κ2) is 9.52. The highest BCUT2D eigenvalue weighted by molar-refractivity contribution is 7.85. The lowest BCUT2D eigenvalue weighted by Crippen LogP contribution is -2.32. The molecule has 0 N–H and O–H groups in total. The summed E-state index contributed by atoms with van der Waals surface area (Å²) in [5.74, 6) is 1.71. The normalized spacial score (nSPS) is 10.9. The van der Waals surface area contributed by atoms with E-state index in [9.17, 15) is 13.0 Å². The monoisotopic (exact) mass is 403 g/mol. The van der Waals surface area contributed by atoms with Crippen LogP contribution in [-0.4, -0.2) is 26.2 Å². The molecule has 0 fully saturated rings. The molecule has 3 rings (SSSR count). The highest BCUT2D eigenvalue weighted by atomic mass is 32.2. The molecule has 0 spiro atoms. The molecule has 0 saturated carbocycles. The van der Waals surface area contributed by atoms with Gasteiger partial charge in [0.1, 0.15) is 22.9 Å². The molecule has 0 aliphatic rings. The first-order valence-corrected chi connectivity index (χ1v) is 10.4. The molecule has 2 aromatic carbocycles. The standard InChI is InChI=1S/C14H18NO2.C7H8O3S/c1-4-16-13-10-14(17-5-2)15(3)12-9-7-6-8-11(12)13;1-6-2-4-7(5-3-6)11(8,9)10/h6-10H,4-5H2,1-3H3;2-5H,1H3,(H,8,9,10)/q+1;/p-1. The molecule has 1 heterocycles. The fraction of sp³-hybridized carbons (Fsp3) is 0.286. The smallest absolute Gasteiger partial charge is 0.371 e. The zero-order valence-corrected chi connectivity index (χ0v) is 17.3. The topological polar surface area (TPSA) is 79.5 Å². The van der Waals surface area contributed by atoms with E-state index in [0.29, 0.717) is 13.2 Å². The molecule has 0 unspecified atom stereocenters. The van der Waals surface area contributed by atoms with Crippen molar-refractivity contribution < 1.29 is 27.0 Å². The van der Waals surface area contributed by atoms with E-state index < -0.39 is 10.1 Å². The van der Waals surface area contributed by atoms with Crippen molar-refractivity contribution in [2.75, 3.05) is 13.2 Å². The summed E-state index contributed by atoms with van der Waals surface area (Å²) in [7, 11) is -2.27. The van der Waals surface area contributed by atoms with Crippen LogP contribution in [0.3, 0.4) is 0 Å². The molecule has 6 nitrogen and oxygen atoms in total. The lowest BCUT2D eigenvalue weighted by Gasteiger charge is -2.09. The van der Waals surface area contributed by atoms with Crippen molar-refractivity contribution in [3.8, 4) is 11.6 Å². The number of aromatic nitrogens is 1. The number of hydrogen-bond donors (Lipinski definition) is 0. The third-order valence-corrected chi connectivity index (χ3v) is 4.87. The largest absolute Gasteiger partial charge is 0.744 e. The molecular formula is C21H25NO5S. The van der Waals surface area contributed by atoms with E-state index in [1.54, 1.807) is 12.1 Å². The number of ether oxygens (including phenoxy) is 2. The van der Waals surface area contributed by atoms with Crippen molar-refractivity contribution in [2.24, 2.45) is 7.05 Å². The lowest BCUT2D eigenvalue weighted by atomic mass is 10.2. The molecule has 0 saturated heterocycles. The Morgan fingerprint density at radius 2 is 1.57 bits per heavy atom. The number of hydrogen-bond acceptors (Lipinski definition) is 5. The Morgan fingerprint density at radius 3 is 2.14 bits per heavy atom. The van der Waals surface area contributed by atoms with Gasteiger partial charge in [-0.2, -0.15) is 4.57 Å². The predicted octanol–water partition coefficient (Wildman–Crippen LogP) is 3.36. The minimum atomic E-state index is -4.27. The van der Waals surface area contributed by atoms with Crippen LogP contribution in [0.1, 0.15) is 19.4 Å². The summed E-state index contributed by atoms with van der Waals surface area (Å²) in [4.78, 5) is -0.178. The second-order valence-corrected chi connectivity index (χ2v) is 7.44. The number of aryl methyl sites for hydroxylation is 2. The zero-order chi connectivity index (χ0) is 20.7. The fourth-order valence-corrected chi connectivity index (χ4v) is 3.12. The van der Waals surface area contributed by atoms with Crippen LogP contribution in [0.5, 0.6) is 11.6 Å². The molecule has 0 amide bonds. The Morgan fingerprint density at radius 1 is 0.964 bits per heavy atom. The van der Waals surface area contributed by atoms with Gasteiger partial charge >= 0.3 is 5.88 Å². The van der Waals surface area contributed by atoms with E-state index in [2.05, 4.69) is 12.1 Å².